The van der Waals surface area contributed by atoms with E-state index in [4.69, 9.17) is 4.74 Å². The maximum atomic E-state index is 11.8. The molecule has 17 heavy (non-hydrogen) atoms. The highest BCUT2D eigenvalue weighted by Crippen LogP contribution is 2.26. The monoisotopic (exact) mass is 233 g/mol. The molecule has 0 spiro atoms. The minimum absolute atomic E-state index is 0.0438. The van der Waals surface area contributed by atoms with Crippen LogP contribution >= 0.6 is 0 Å². The van der Waals surface area contributed by atoms with Crippen LogP contribution in [0.5, 0.6) is 0 Å². The number of carbonyl (C=O) groups excluding carboxylic acids is 1. The summed E-state index contributed by atoms with van der Waals surface area (Å²) in [4.78, 5) is 13.6. The van der Waals surface area contributed by atoms with E-state index in [1.807, 2.05) is 12.1 Å². The summed E-state index contributed by atoms with van der Waals surface area (Å²) in [6.45, 7) is 7.98. The number of anilines is 1. The Morgan fingerprint density at radius 1 is 1.29 bits per heavy atom. The van der Waals surface area contributed by atoms with Gasteiger partial charge in [0.2, 0.25) is 0 Å². The van der Waals surface area contributed by atoms with Crippen LogP contribution in [0.3, 0.4) is 0 Å². The number of ether oxygens (including phenoxy) is 1. The largest absolute Gasteiger partial charge is 0.370 e. The quantitative estimate of drug-likeness (QED) is 0.745. The Morgan fingerprint density at radius 3 is 2.71 bits per heavy atom. The molecule has 0 saturated carbocycles. The summed E-state index contributed by atoms with van der Waals surface area (Å²) in [5, 5.41) is 0. The lowest BCUT2D eigenvalue weighted by Gasteiger charge is -2.28. The van der Waals surface area contributed by atoms with Crippen molar-refractivity contribution < 1.29 is 9.53 Å². The van der Waals surface area contributed by atoms with Gasteiger partial charge in [0.1, 0.15) is 6.61 Å². The van der Waals surface area contributed by atoms with Gasteiger partial charge in [-0.25, -0.2) is 0 Å². The molecule has 1 aliphatic rings. The Bertz CT molecular complexity index is 420. The summed E-state index contributed by atoms with van der Waals surface area (Å²) in [5.74, 6) is 0.0438. The maximum Gasteiger partial charge on any atom is 0.253 e. The van der Waals surface area contributed by atoms with Gasteiger partial charge in [0.15, 0.2) is 0 Å². The van der Waals surface area contributed by atoms with E-state index in [1.54, 1.807) is 4.90 Å². The summed E-state index contributed by atoms with van der Waals surface area (Å²) >= 11 is 0. The van der Waals surface area contributed by atoms with Crippen LogP contribution in [0, 0.1) is 0 Å². The van der Waals surface area contributed by atoms with Gasteiger partial charge >= 0.3 is 0 Å². The Kier molecular flexibility index (Phi) is 3.20. The molecule has 2 rings (SSSR count). The predicted molar refractivity (Wildman–Crippen MR) is 68.3 cm³/mol. The topological polar surface area (TPSA) is 29.5 Å². The van der Waals surface area contributed by atoms with Crippen molar-refractivity contribution in [1.82, 2.24) is 0 Å². The molecule has 1 aromatic carbocycles. The Balaban J connectivity index is 2.29. The molecule has 0 unspecified atom stereocenters. The Labute approximate surface area is 102 Å². The van der Waals surface area contributed by atoms with E-state index in [0.717, 1.165) is 5.69 Å². The summed E-state index contributed by atoms with van der Waals surface area (Å²) in [6, 6.07) is 8.20. The second-order valence-corrected chi connectivity index (χ2v) is 5.40. The number of morpholine rings is 1. The van der Waals surface area contributed by atoms with Crippen molar-refractivity contribution in [1.29, 1.82) is 0 Å². The van der Waals surface area contributed by atoms with Gasteiger partial charge in [0.25, 0.3) is 5.91 Å². The third kappa shape index (κ3) is 2.67. The van der Waals surface area contributed by atoms with Crippen LogP contribution in [0.15, 0.2) is 24.3 Å². The predicted octanol–water partition coefficient (Wildman–Crippen LogP) is 2.35. The lowest BCUT2D eigenvalue weighted by molar-refractivity contribution is -0.125. The zero-order valence-corrected chi connectivity index (χ0v) is 10.7. The molecule has 0 N–H and O–H groups in total. The molecule has 1 amide bonds. The van der Waals surface area contributed by atoms with Crippen molar-refractivity contribution in [2.75, 3.05) is 24.7 Å². The molecule has 0 atom stereocenters. The van der Waals surface area contributed by atoms with Gasteiger partial charge in [-0.05, 0) is 23.1 Å². The van der Waals surface area contributed by atoms with E-state index in [0.29, 0.717) is 13.2 Å². The number of rotatable bonds is 1. The van der Waals surface area contributed by atoms with Crippen molar-refractivity contribution >= 4 is 11.6 Å². The number of carbonyl (C=O) groups is 1. The van der Waals surface area contributed by atoms with Crippen molar-refractivity contribution in [3.8, 4) is 0 Å². The smallest absolute Gasteiger partial charge is 0.253 e. The van der Waals surface area contributed by atoms with Crippen molar-refractivity contribution in [2.45, 2.75) is 26.2 Å². The number of hydrogen-bond donors (Lipinski definition) is 0. The second-order valence-electron chi connectivity index (χ2n) is 5.40. The van der Waals surface area contributed by atoms with E-state index in [9.17, 15) is 4.79 Å². The van der Waals surface area contributed by atoms with Gasteiger partial charge in [0.05, 0.1) is 6.61 Å². The van der Waals surface area contributed by atoms with Gasteiger partial charge in [-0.15, -0.1) is 0 Å². The highest BCUT2D eigenvalue weighted by Gasteiger charge is 2.21. The van der Waals surface area contributed by atoms with Crippen molar-refractivity contribution in [3.05, 3.63) is 29.8 Å². The van der Waals surface area contributed by atoms with E-state index in [-0.39, 0.29) is 17.9 Å². The molecule has 92 valence electrons. The van der Waals surface area contributed by atoms with Crippen LogP contribution < -0.4 is 4.90 Å². The summed E-state index contributed by atoms with van der Waals surface area (Å²) in [5.41, 5.74) is 2.32. The maximum absolute atomic E-state index is 11.8. The third-order valence-electron chi connectivity index (χ3n) is 3.01. The van der Waals surface area contributed by atoms with Crippen LogP contribution in [0.1, 0.15) is 26.3 Å². The third-order valence-corrected chi connectivity index (χ3v) is 3.01. The Hall–Kier alpha value is -1.35. The summed E-state index contributed by atoms with van der Waals surface area (Å²) in [7, 11) is 0. The average Bonchev–Trinajstić information content (AvgIpc) is 2.29. The van der Waals surface area contributed by atoms with Crippen LogP contribution in [0.4, 0.5) is 5.69 Å². The van der Waals surface area contributed by atoms with E-state index < -0.39 is 0 Å². The molecule has 1 heterocycles. The van der Waals surface area contributed by atoms with Gasteiger partial charge in [0, 0.05) is 12.2 Å². The minimum atomic E-state index is 0.0438. The number of benzene rings is 1. The fraction of sp³-hybridized carbons (Fsp3) is 0.500. The van der Waals surface area contributed by atoms with E-state index in [2.05, 4.69) is 32.9 Å². The van der Waals surface area contributed by atoms with Crippen LogP contribution in [-0.2, 0) is 14.9 Å². The second kappa shape index (κ2) is 4.49. The van der Waals surface area contributed by atoms with Crippen LogP contribution in [0.25, 0.3) is 0 Å². The number of nitrogens with zero attached hydrogens (tertiary/aromatic N) is 1. The van der Waals surface area contributed by atoms with Crippen LogP contribution in [0.2, 0.25) is 0 Å². The molecular weight excluding hydrogens is 214 g/mol. The fourth-order valence-electron chi connectivity index (χ4n) is 1.93. The highest BCUT2D eigenvalue weighted by atomic mass is 16.5. The molecule has 3 nitrogen and oxygen atoms in total. The van der Waals surface area contributed by atoms with Gasteiger partial charge in [-0.2, -0.15) is 0 Å². The molecule has 3 heteroatoms. The summed E-state index contributed by atoms with van der Waals surface area (Å²) in [6.07, 6.45) is 0. The molecular formula is C14H19NO2. The zero-order chi connectivity index (χ0) is 12.5. The van der Waals surface area contributed by atoms with Crippen LogP contribution in [-0.4, -0.2) is 25.7 Å². The number of hydrogen-bond acceptors (Lipinski definition) is 2. The first-order valence-electron chi connectivity index (χ1n) is 5.97. The summed E-state index contributed by atoms with van der Waals surface area (Å²) < 4.78 is 5.14. The van der Waals surface area contributed by atoms with Gasteiger partial charge in [-0.1, -0.05) is 32.9 Å². The first-order chi connectivity index (χ1) is 7.98. The fourth-order valence-corrected chi connectivity index (χ4v) is 1.93. The molecule has 0 aliphatic carbocycles. The highest BCUT2D eigenvalue weighted by molar-refractivity contribution is 5.94. The number of amides is 1. The SMILES string of the molecule is CC(C)(C)c1cccc(N2CCOCC2=O)c1. The molecule has 1 saturated heterocycles. The van der Waals surface area contributed by atoms with Crippen molar-refractivity contribution in [2.24, 2.45) is 0 Å². The normalized spacial score (nSPS) is 17.4. The molecule has 0 aromatic heterocycles. The molecule has 1 aromatic rings. The van der Waals surface area contributed by atoms with Gasteiger partial charge < -0.3 is 9.64 Å². The molecule has 0 radical (unpaired) electrons. The molecule has 1 aliphatic heterocycles. The lowest BCUT2D eigenvalue weighted by atomic mass is 9.87. The average molecular weight is 233 g/mol. The molecule has 1 fully saturated rings. The Morgan fingerprint density at radius 2 is 2.06 bits per heavy atom. The molecule has 0 bridgehead atoms. The first kappa shape index (κ1) is 12.1. The lowest BCUT2D eigenvalue weighted by Crippen LogP contribution is -2.41. The first-order valence-corrected chi connectivity index (χ1v) is 5.97. The zero-order valence-electron chi connectivity index (χ0n) is 10.7. The standard InChI is InChI=1S/C14H19NO2/c1-14(2,3)11-5-4-6-12(9-11)15-7-8-17-10-13(15)16/h4-6,9H,7-8,10H2,1-3H3. The van der Waals surface area contributed by atoms with E-state index in [1.165, 1.54) is 5.56 Å². The van der Waals surface area contributed by atoms with Crippen molar-refractivity contribution in [3.63, 3.8) is 0 Å². The van der Waals surface area contributed by atoms with E-state index >= 15 is 0 Å². The minimum Gasteiger partial charge on any atom is -0.370 e. The van der Waals surface area contributed by atoms with Gasteiger partial charge in [-0.3, -0.25) is 4.79 Å².